The first-order valence-corrected chi connectivity index (χ1v) is 18.4. The topological polar surface area (TPSA) is 116 Å². The van der Waals surface area contributed by atoms with E-state index in [1.54, 1.807) is 0 Å². The summed E-state index contributed by atoms with van der Waals surface area (Å²) in [6, 6.07) is 3.42. The number of pyridine rings is 1. The summed E-state index contributed by atoms with van der Waals surface area (Å²) < 4.78 is 83.2. The highest BCUT2D eigenvalue weighted by Gasteiger charge is 2.51. The van der Waals surface area contributed by atoms with E-state index >= 15 is 8.78 Å². The molecule has 5 aliphatic rings. The van der Waals surface area contributed by atoms with Gasteiger partial charge in [-0.1, -0.05) is 12.0 Å². The van der Waals surface area contributed by atoms with Crippen molar-refractivity contribution >= 4 is 33.5 Å². The number of alkyl halides is 3. The Bertz CT molecular complexity index is 2250. The number of rotatable bonds is 9. The number of phenols is 1. The first-order valence-electron chi connectivity index (χ1n) is 18.4. The van der Waals surface area contributed by atoms with Crippen LogP contribution in [0.25, 0.3) is 32.9 Å². The number of hydrogen-bond acceptors (Lipinski definition) is 9. The number of anilines is 1. The van der Waals surface area contributed by atoms with Crippen molar-refractivity contribution in [3.8, 4) is 41.2 Å². The normalized spacial score (nSPS) is 23.9. The first kappa shape index (κ1) is 35.5. The SMILES string of the molecule is C#Cc1c(F)ccc2cc(O)cc(-c3nc(OC)c4c(N5CC6CCC(C5)N6C(=O)NCC(F)(F)F)nc(OCC5(CN6CC7CC7C6)CC5)nc4c3F)c12. The number of nitrogens with one attached hydrogen (secondary N) is 1. The molecule has 2 aromatic heterocycles. The van der Waals surface area contributed by atoms with E-state index in [-0.39, 0.29) is 75.1 Å². The monoisotopic (exact) mass is 763 g/mol. The number of benzene rings is 2. The van der Waals surface area contributed by atoms with E-state index in [9.17, 15) is 23.1 Å². The molecule has 55 heavy (non-hydrogen) atoms. The number of aromatic hydroxyl groups is 1. The highest BCUT2D eigenvalue weighted by atomic mass is 19.4. The number of fused-ring (bicyclic) bond motifs is 5. The number of carbonyl (C=O) groups excluding carboxylic acids is 1. The Morgan fingerprint density at radius 2 is 1.78 bits per heavy atom. The van der Waals surface area contributed by atoms with Gasteiger partial charge in [0.25, 0.3) is 0 Å². The van der Waals surface area contributed by atoms with Gasteiger partial charge in [0.15, 0.2) is 5.82 Å². The molecule has 3 aliphatic heterocycles. The number of terminal acetylenes is 1. The smallest absolute Gasteiger partial charge is 0.405 e. The quantitative estimate of drug-likeness (QED) is 0.160. The first-order chi connectivity index (χ1) is 26.3. The number of hydrogen-bond donors (Lipinski definition) is 2. The fourth-order valence-corrected chi connectivity index (χ4v) is 8.99. The van der Waals surface area contributed by atoms with Gasteiger partial charge in [-0.15, -0.1) is 6.42 Å². The number of likely N-dealkylation sites (tertiary alicyclic amines) is 1. The molecule has 2 aromatic carbocycles. The average Bonchev–Trinajstić information content (AvgIpc) is 4.04. The molecule has 2 aliphatic carbocycles. The molecule has 4 aromatic rings. The van der Waals surface area contributed by atoms with Crippen molar-refractivity contribution in [3.63, 3.8) is 0 Å². The number of ether oxygens (including phenoxy) is 2. The van der Waals surface area contributed by atoms with E-state index in [1.165, 1.54) is 42.7 Å². The molecule has 5 heterocycles. The molecule has 4 unspecified atom stereocenters. The molecule has 4 atom stereocenters. The molecule has 0 radical (unpaired) electrons. The van der Waals surface area contributed by atoms with Crippen molar-refractivity contribution in [3.05, 3.63) is 41.5 Å². The zero-order chi connectivity index (χ0) is 38.4. The molecular formula is C39H38F5N7O4. The Morgan fingerprint density at radius 3 is 2.44 bits per heavy atom. The summed E-state index contributed by atoms with van der Waals surface area (Å²) in [6.07, 6.45) is 5.47. The lowest BCUT2D eigenvalue weighted by molar-refractivity contribution is -0.123. The Hall–Kier alpha value is -5.17. The number of urea groups is 1. The van der Waals surface area contributed by atoms with Crippen LogP contribution in [0.5, 0.6) is 17.6 Å². The zero-order valence-electron chi connectivity index (χ0n) is 29.9. The minimum absolute atomic E-state index is 0.0138. The number of piperazine rings is 1. The van der Waals surface area contributed by atoms with Gasteiger partial charge in [0.05, 0.1) is 31.4 Å². The van der Waals surface area contributed by atoms with Crippen molar-refractivity contribution in [2.75, 3.05) is 57.9 Å². The number of phenolic OH excluding ortho intramolecular Hbond substituents is 1. The molecule has 0 spiro atoms. The van der Waals surface area contributed by atoms with Crippen molar-refractivity contribution < 1.29 is 41.3 Å². The van der Waals surface area contributed by atoms with Crippen molar-refractivity contribution in [1.82, 2.24) is 30.1 Å². The Balaban J connectivity index is 1.13. The van der Waals surface area contributed by atoms with Gasteiger partial charge in [0, 0.05) is 49.1 Å². The maximum absolute atomic E-state index is 17.2. The van der Waals surface area contributed by atoms with Crippen LogP contribution in [0.15, 0.2) is 24.3 Å². The lowest BCUT2D eigenvalue weighted by Gasteiger charge is -2.41. The third-order valence-electron chi connectivity index (χ3n) is 11.9. The van der Waals surface area contributed by atoms with E-state index in [2.05, 4.69) is 20.8 Å². The second-order valence-corrected chi connectivity index (χ2v) is 15.7. The summed E-state index contributed by atoms with van der Waals surface area (Å²) in [5.74, 6) is 2.19. The molecule has 2 N–H and O–H groups in total. The number of carbonyl (C=O) groups is 1. The van der Waals surface area contributed by atoms with Crippen LogP contribution >= 0.6 is 0 Å². The van der Waals surface area contributed by atoms with Crippen LogP contribution in [0, 0.1) is 41.2 Å². The number of aromatic nitrogens is 3. The molecule has 2 saturated carbocycles. The highest BCUT2D eigenvalue weighted by Crippen LogP contribution is 2.51. The Kier molecular flexibility index (Phi) is 8.37. The van der Waals surface area contributed by atoms with Crippen molar-refractivity contribution in [1.29, 1.82) is 0 Å². The molecule has 11 nitrogen and oxygen atoms in total. The Labute approximate surface area is 312 Å². The summed E-state index contributed by atoms with van der Waals surface area (Å²) in [7, 11) is 1.34. The van der Waals surface area contributed by atoms with Crippen LogP contribution in [0.3, 0.4) is 0 Å². The molecule has 2 bridgehead atoms. The van der Waals surface area contributed by atoms with Crippen LogP contribution in [0.2, 0.25) is 0 Å². The summed E-state index contributed by atoms with van der Waals surface area (Å²) >= 11 is 0. The molecule has 16 heteroatoms. The predicted molar refractivity (Wildman–Crippen MR) is 192 cm³/mol. The number of halogens is 5. The van der Waals surface area contributed by atoms with Crippen LogP contribution in [0.1, 0.15) is 37.7 Å². The van der Waals surface area contributed by atoms with E-state index < -0.39 is 42.5 Å². The van der Waals surface area contributed by atoms with Crippen molar-refractivity contribution in [2.45, 2.75) is 50.4 Å². The largest absolute Gasteiger partial charge is 0.508 e. The highest BCUT2D eigenvalue weighted by molar-refractivity contribution is 6.04. The summed E-state index contributed by atoms with van der Waals surface area (Å²) in [5, 5.41) is 13.3. The van der Waals surface area contributed by atoms with Gasteiger partial charge < -0.3 is 34.6 Å². The van der Waals surface area contributed by atoms with Gasteiger partial charge in [0.2, 0.25) is 5.88 Å². The maximum atomic E-state index is 17.2. The van der Waals surface area contributed by atoms with Crippen LogP contribution in [-0.4, -0.2) is 107 Å². The zero-order valence-corrected chi connectivity index (χ0v) is 29.9. The van der Waals surface area contributed by atoms with E-state index in [0.717, 1.165) is 44.3 Å². The minimum Gasteiger partial charge on any atom is -0.508 e. The molecule has 5 fully saturated rings. The van der Waals surface area contributed by atoms with E-state index in [0.29, 0.717) is 24.8 Å². The van der Waals surface area contributed by atoms with Gasteiger partial charge in [-0.2, -0.15) is 23.1 Å². The van der Waals surface area contributed by atoms with Crippen LogP contribution in [-0.2, 0) is 0 Å². The second kappa shape index (κ2) is 13.0. The summed E-state index contributed by atoms with van der Waals surface area (Å²) in [6.45, 7) is 2.27. The van der Waals surface area contributed by atoms with Gasteiger partial charge in [0.1, 0.15) is 40.5 Å². The van der Waals surface area contributed by atoms with Crippen molar-refractivity contribution in [2.24, 2.45) is 17.3 Å². The average molecular weight is 764 g/mol. The summed E-state index contributed by atoms with van der Waals surface area (Å²) in [5.41, 5.74) is -0.725. The second-order valence-electron chi connectivity index (χ2n) is 15.7. The van der Waals surface area contributed by atoms with Gasteiger partial charge >= 0.3 is 18.2 Å². The van der Waals surface area contributed by atoms with Crippen LogP contribution in [0.4, 0.5) is 32.6 Å². The van der Waals surface area contributed by atoms with Gasteiger partial charge in [-0.05, 0) is 67.5 Å². The number of amides is 2. The van der Waals surface area contributed by atoms with Gasteiger partial charge in [-0.25, -0.2) is 18.6 Å². The molecule has 2 amide bonds. The predicted octanol–water partition coefficient (Wildman–Crippen LogP) is 5.85. The third-order valence-corrected chi connectivity index (χ3v) is 11.9. The standard InChI is InChI=1S/C39H38F5N7O4/c1-3-26-28(40)7-4-20-11-25(52)12-27(29(20)26)32-31(41)33-30(35(46-32)54-2)34(50-15-23-5-6-24(16-50)51(23)37(53)45-17-39(42,43)44)48-36(47-33)55-19-38(8-9-38)18-49-13-21-10-22(21)14-49/h1,4,7,11-12,21-24,52H,5-6,8-10,13-19H2,2H3,(H,45,53). The number of nitrogens with zero attached hydrogens (tertiary/aromatic N) is 6. The molecule has 288 valence electrons. The lowest BCUT2D eigenvalue weighted by Crippen LogP contribution is -2.59. The summed E-state index contributed by atoms with van der Waals surface area (Å²) in [4.78, 5) is 32.7. The van der Waals surface area contributed by atoms with E-state index in [1.807, 2.05) is 10.2 Å². The molecule has 9 rings (SSSR count). The number of methoxy groups -OCH3 is 1. The fraction of sp³-hybridized carbons (Fsp3) is 0.487. The number of piperidine rings is 1. The fourth-order valence-electron chi connectivity index (χ4n) is 8.99. The van der Waals surface area contributed by atoms with Crippen LogP contribution < -0.4 is 19.7 Å². The molecule has 3 saturated heterocycles. The lowest BCUT2D eigenvalue weighted by atomic mass is 9.95. The minimum atomic E-state index is -4.56. The van der Waals surface area contributed by atoms with Gasteiger partial charge in [-0.3, -0.25) is 0 Å². The Morgan fingerprint density at radius 1 is 1.05 bits per heavy atom. The molecular weight excluding hydrogens is 725 g/mol. The maximum Gasteiger partial charge on any atom is 0.405 e. The third kappa shape index (κ3) is 6.45. The van der Waals surface area contributed by atoms with E-state index in [4.69, 9.17) is 20.9 Å².